The van der Waals surface area contributed by atoms with Crippen molar-refractivity contribution in [1.29, 1.82) is 0 Å². The summed E-state index contributed by atoms with van der Waals surface area (Å²) in [5.41, 5.74) is 1.85. The molecule has 0 radical (unpaired) electrons. The second kappa shape index (κ2) is 9.01. The standard InChI is InChI=1S/C21H29N3O5S2/c1-14-6-7-17(28-2)18-19(14)30-21(22-18)24(13-16-5-4-12-29-16)20(25)15-8-10-23(11-9-15)31(3,26)27/h6-7,15-16H,4-5,8-13H2,1-3H3/t16-/m0/s1. The van der Waals surface area contributed by atoms with Crippen LogP contribution in [0.1, 0.15) is 31.2 Å². The molecule has 170 valence electrons. The molecule has 2 fully saturated rings. The Morgan fingerprint density at radius 2 is 2.06 bits per heavy atom. The zero-order chi connectivity index (χ0) is 22.2. The SMILES string of the molecule is COc1ccc(C)c2sc(N(C[C@@H]3CCCO3)C(=O)C3CCN(S(C)(=O)=O)CC3)nc12. The summed E-state index contributed by atoms with van der Waals surface area (Å²) >= 11 is 1.49. The van der Waals surface area contributed by atoms with E-state index in [4.69, 9.17) is 14.5 Å². The molecule has 0 N–H and O–H groups in total. The van der Waals surface area contributed by atoms with Gasteiger partial charge in [-0.05, 0) is 44.2 Å². The van der Waals surface area contributed by atoms with E-state index in [2.05, 4.69) is 0 Å². The summed E-state index contributed by atoms with van der Waals surface area (Å²) in [4.78, 5) is 20.2. The average molecular weight is 468 g/mol. The van der Waals surface area contributed by atoms with Crippen LogP contribution in [-0.2, 0) is 19.6 Å². The Hall–Kier alpha value is -1.75. The van der Waals surface area contributed by atoms with Gasteiger partial charge in [-0.15, -0.1) is 0 Å². The summed E-state index contributed by atoms with van der Waals surface area (Å²) in [6.07, 6.45) is 4.16. The van der Waals surface area contributed by atoms with Gasteiger partial charge in [-0.25, -0.2) is 17.7 Å². The molecule has 2 aliphatic heterocycles. The predicted octanol–water partition coefficient (Wildman–Crippen LogP) is 2.80. The number of carbonyl (C=O) groups excluding carboxylic acids is 1. The molecule has 3 heterocycles. The number of hydrogen-bond donors (Lipinski definition) is 0. The maximum Gasteiger partial charge on any atom is 0.232 e. The van der Waals surface area contributed by atoms with Crippen LogP contribution >= 0.6 is 11.3 Å². The summed E-state index contributed by atoms with van der Waals surface area (Å²) in [6, 6.07) is 3.89. The third-order valence-corrected chi connectivity index (χ3v) is 8.61. The fourth-order valence-electron chi connectivity index (χ4n) is 4.29. The fourth-order valence-corrected chi connectivity index (χ4v) is 6.23. The molecule has 1 atom stereocenters. The van der Waals surface area contributed by atoms with Gasteiger partial charge in [-0.3, -0.25) is 9.69 Å². The first-order valence-corrected chi connectivity index (χ1v) is 13.3. The van der Waals surface area contributed by atoms with Gasteiger partial charge < -0.3 is 9.47 Å². The second-order valence-corrected chi connectivity index (χ2v) is 11.2. The Labute approximate surface area is 187 Å². The van der Waals surface area contributed by atoms with E-state index in [1.165, 1.54) is 21.9 Å². The molecular weight excluding hydrogens is 438 g/mol. The van der Waals surface area contributed by atoms with Gasteiger partial charge in [0.15, 0.2) is 5.13 Å². The highest BCUT2D eigenvalue weighted by Gasteiger charge is 2.35. The number of piperidine rings is 1. The number of carbonyl (C=O) groups is 1. The van der Waals surface area contributed by atoms with Crippen molar-refractivity contribution >= 4 is 42.6 Å². The molecule has 2 saturated heterocycles. The number of benzene rings is 1. The first-order valence-electron chi connectivity index (χ1n) is 10.6. The van der Waals surface area contributed by atoms with Gasteiger partial charge in [-0.1, -0.05) is 17.4 Å². The van der Waals surface area contributed by atoms with Crippen molar-refractivity contribution in [2.45, 2.75) is 38.7 Å². The molecule has 0 bridgehead atoms. The highest BCUT2D eigenvalue weighted by Crippen LogP contribution is 2.38. The summed E-state index contributed by atoms with van der Waals surface area (Å²) in [5.74, 6) is 0.461. The largest absolute Gasteiger partial charge is 0.494 e. The predicted molar refractivity (Wildman–Crippen MR) is 121 cm³/mol. The number of anilines is 1. The number of thiazole rings is 1. The summed E-state index contributed by atoms with van der Waals surface area (Å²) in [7, 11) is -1.61. The third-order valence-electron chi connectivity index (χ3n) is 6.09. The first kappa shape index (κ1) is 22.4. The second-order valence-electron chi connectivity index (χ2n) is 8.28. The van der Waals surface area contributed by atoms with Gasteiger partial charge in [0.2, 0.25) is 15.9 Å². The zero-order valence-corrected chi connectivity index (χ0v) is 19.8. The molecule has 0 aliphatic carbocycles. The summed E-state index contributed by atoms with van der Waals surface area (Å²) in [5, 5.41) is 0.647. The lowest BCUT2D eigenvalue weighted by Crippen LogP contribution is -2.46. The monoisotopic (exact) mass is 467 g/mol. The number of fused-ring (bicyclic) bond motifs is 1. The molecule has 2 aromatic rings. The van der Waals surface area contributed by atoms with Crippen molar-refractivity contribution in [2.24, 2.45) is 5.92 Å². The van der Waals surface area contributed by atoms with E-state index in [1.807, 2.05) is 19.1 Å². The quantitative estimate of drug-likeness (QED) is 0.649. The summed E-state index contributed by atoms with van der Waals surface area (Å²) in [6.45, 7) is 3.95. The third kappa shape index (κ3) is 4.72. The number of rotatable bonds is 6. The minimum Gasteiger partial charge on any atom is -0.494 e. The number of sulfonamides is 1. The minimum atomic E-state index is -3.23. The average Bonchev–Trinajstić information content (AvgIpc) is 3.42. The topological polar surface area (TPSA) is 89.0 Å². The number of nitrogens with zero attached hydrogens (tertiary/aromatic N) is 3. The fraction of sp³-hybridized carbons (Fsp3) is 0.619. The Bertz CT molecular complexity index is 1050. The maximum absolute atomic E-state index is 13.6. The molecule has 1 aromatic heterocycles. The van der Waals surface area contributed by atoms with Crippen molar-refractivity contribution in [3.05, 3.63) is 17.7 Å². The van der Waals surface area contributed by atoms with Crippen LogP contribution in [0.25, 0.3) is 10.2 Å². The lowest BCUT2D eigenvalue weighted by atomic mass is 9.96. The van der Waals surface area contributed by atoms with E-state index in [0.29, 0.717) is 50.0 Å². The smallest absolute Gasteiger partial charge is 0.232 e. The van der Waals surface area contributed by atoms with Crippen molar-refractivity contribution in [3.63, 3.8) is 0 Å². The number of ether oxygens (including phenoxy) is 2. The Morgan fingerprint density at radius 3 is 2.68 bits per heavy atom. The van der Waals surface area contributed by atoms with E-state index < -0.39 is 10.0 Å². The van der Waals surface area contributed by atoms with Crippen LogP contribution in [0.15, 0.2) is 12.1 Å². The number of methoxy groups -OCH3 is 1. The van der Waals surface area contributed by atoms with E-state index >= 15 is 0 Å². The Kier molecular flexibility index (Phi) is 6.52. The van der Waals surface area contributed by atoms with Gasteiger partial charge in [0.1, 0.15) is 11.3 Å². The number of aromatic nitrogens is 1. The lowest BCUT2D eigenvalue weighted by Gasteiger charge is -2.33. The lowest BCUT2D eigenvalue weighted by molar-refractivity contribution is -0.123. The van der Waals surface area contributed by atoms with Gasteiger partial charge in [-0.2, -0.15) is 0 Å². The van der Waals surface area contributed by atoms with Crippen LogP contribution in [0.2, 0.25) is 0 Å². The van der Waals surface area contributed by atoms with Crippen LogP contribution in [0.5, 0.6) is 5.75 Å². The molecule has 4 rings (SSSR count). The molecule has 1 aromatic carbocycles. The Morgan fingerprint density at radius 1 is 1.32 bits per heavy atom. The number of amides is 1. The van der Waals surface area contributed by atoms with Crippen LogP contribution in [-0.4, -0.2) is 69.3 Å². The molecule has 0 unspecified atom stereocenters. The van der Waals surface area contributed by atoms with Crippen LogP contribution < -0.4 is 9.64 Å². The molecule has 2 aliphatic rings. The van der Waals surface area contributed by atoms with E-state index in [0.717, 1.165) is 28.6 Å². The van der Waals surface area contributed by atoms with Crippen LogP contribution in [0.3, 0.4) is 0 Å². The minimum absolute atomic E-state index is 0.000623. The molecule has 8 nitrogen and oxygen atoms in total. The number of hydrogen-bond acceptors (Lipinski definition) is 7. The normalized spacial score (nSPS) is 20.9. The van der Waals surface area contributed by atoms with Crippen molar-refractivity contribution in [1.82, 2.24) is 9.29 Å². The van der Waals surface area contributed by atoms with Gasteiger partial charge in [0.05, 0.1) is 30.7 Å². The zero-order valence-electron chi connectivity index (χ0n) is 18.2. The van der Waals surface area contributed by atoms with Gasteiger partial charge >= 0.3 is 0 Å². The van der Waals surface area contributed by atoms with Gasteiger partial charge in [0, 0.05) is 25.6 Å². The van der Waals surface area contributed by atoms with Gasteiger partial charge in [0.25, 0.3) is 0 Å². The molecule has 1 amide bonds. The van der Waals surface area contributed by atoms with E-state index in [9.17, 15) is 13.2 Å². The van der Waals surface area contributed by atoms with E-state index in [1.54, 1.807) is 12.0 Å². The molecular formula is C21H29N3O5S2. The maximum atomic E-state index is 13.6. The highest BCUT2D eigenvalue weighted by molar-refractivity contribution is 7.88. The summed E-state index contributed by atoms with van der Waals surface area (Å²) < 4.78 is 37.4. The highest BCUT2D eigenvalue weighted by atomic mass is 32.2. The number of aryl methyl sites for hydroxylation is 1. The molecule has 10 heteroatoms. The molecule has 31 heavy (non-hydrogen) atoms. The van der Waals surface area contributed by atoms with Crippen LogP contribution in [0.4, 0.5) is 5.13 Å². The van der Waals surface area contributed by atoms with Crippen molar-refractivity contribution in [3.8, 4) is 5.75 Å². The Balaban J connectivity index is 1.63. The van der Waals surface area contributed by atoms with Crippen molar-refractivity contribution in [2.75, 3.05) is 44.5 Å². The first-order chi connectivity index (χ1) is 14.8. The van der Waals surface area contributed by atoms with E-state index in [-0.39, 0.29) is 17.9 Å². The van der Waals surface area contributed by atoms with Crippen molar-refractivity contribution < 1.29 is 22.7 Å². The molecule has 0 spiro atoms. The molecule has 0 saturated carbocycles. The van der Waals surface area contributed by atoms with Crippen LogP contribution in [0, 0.1) is 12.8 Å².